The van der Waals surface area contributed by atoms with E-state index in [1.807, 2.05) is 32.0 Å². The molecule has 0 amide bonds. The molecule has 0 aliphatic carbocycles. The fourth-order valence-electron chi connectivity index (χ4n) is 2.83. The maximum absolute atomic E-state index is 12.4. The number of carbonyl (C=O) groups excluding carboxylic acids is 2. The number of hydrogen-bond acceptors (Lipinski definition) is 2. The summed E-state index contributed by atoms with van der Waals surface area (Å²) in [6.07, 6.45) is 0.970. The lowest BCUT2D eigenvalue weighted by molar-refractivity contribution is -0.129. The summed E-state index contributed by atoms with van der Waals surface area (Å²) in [6, 6.07) is 14.3. The van der Waals surface area contributed by atoms with Gasteiger partial charge in [-0.05, 0) is 29.7 Å². The molecule has 110 valence electrons. The second-order valence-electron chi connectivity index (χ2n) is 6.00. The molecule has 0 fully saturated rings. The van der Waals surface area contributed by atoms with Crippen LogP contribution in [0.3, 0.4) is 0 Å². The maximum Gasteiger partial charge on any atom is 0.139 e. The highest BCUT2D eigenvalue weighted by molar-refractivity contribution is 5.90. The Balaban J connectivity index is 2.34. The molecule has 2 heteroatoms. The Kier molecular flexibility index (Phi) is 4.89. The van der Waals surface area contributed by atoms with Crippen LogP contribution in [-0.2, 0) is 16.0 Å². The van der Waals surface area contributed by atoms with Crippen molar-refractivity contribution in [1.82, 2.24) is 0 Å². The van der Waals surface area contributed by atoms with E-state index in [0.29, 0.717) is 12.8 Å². The van der Waals surface area contributed by atoms with Crippen LogP contribution in [0.2, 0.25) is 0 Å². The van der Waals surface area contributed by atoms with Gasteiger partial charge in [-0.1, -0.05) is 56.3 Å². The van der Waals surface area contributed by atoms with Crippen molar-refractivity contribution in [3.63, 3.8) is 0 Å². The molecule has 2 rings (SSSR count). The minimum absolute atomic E-state index is 0.0377. The van der Waals surface area contributed by atoms with Crippen molar-refractivity contribution < 1.29 is 9.59 Å². The van der Waals surface area contributed by atoms with Crippen molar-refractivity contribution in [2.45, 2.75) is 33.6 Å². The molecule has 1 atom stereocenters. The highest BCUT2D eigenvalue weighted by Crippen LogP contribution is 2.24. The first-order chi connectivity index (χ1) is 9.99. The Morgan fingerprint density at radius 2 is 1.67 bits per heavy atom. The van der Waals surface area contributed by atoms with Crippen LogP contribution in [-0.4, -0.2) is 11.6 Å². The van der Waals surface area contributed by atoms with Gasteiger partial charge in [-0.3, -0.25) is 4.79 Å². The number of Topliss-reactive ketones (excluding diaryl/α,β-unsaturated/α-hetero) is 2. The standard InChI is InChI=1S/C19H22O2/c1-13(2)19(21)17(11-14(3)20)12-16-9-6-8-15-7-4-5-10-18(15)16/h4-10,13,17H,11-12H2,1-3H3. The van der Waals surface area contributed by atoms with E-state index in [1.165, 1.54) is 10.8 Å². The quantitative estimate of drug-likeness (QED) is 0.795. The zero-order valence-electron chi connectivity index (χ0n) is 12.9. The third-order valence-corrected chi connectivity index (χ3v) is 3.85. The largest absolute Gasteiger partial charge is 0.300 e. The topological polar surface area (TPSA) is 34.1 Å². The normalized spacial score (nSPS) is 12.6. The zero-order chi connectivity index (χ0) is 15.4. The lowest BCUT2D eigenvalue weighted by Gasteiger charge is -2.18. The summed E-state index contributed by atoms with van der Waals surface area (Å²) in [5.74, 6) is 0.00463. The van der Waals surface area contributed by atoms with Gasteiger partial charge in [0.1, 0.15) is 11.6 Å². The van der Waals surface area contributed by atoms with Crippen LogP contribution in [0.5, 0.6) is 0 Å². The molecule has 0 saturated carbocycles. The van der Waals surface area contributed by atoms with Crippen LogP contribution in [0.1, 0.15) is 32.8 Å². The van der Waals surface area contributed by atoms with Gasteiger partial charge in [-0.25, -0.2) is 0 Å². The van der Waals surface area contributed by atoms with Gasteiger partial charge >= 0.3 is 0 Å². The predicted molar refractivity (Wildman–Crippen MR) is 86.3 cm³/mol. The highest BCUT2D eigenvalue weighted by atomic mass is 16.1. The monoisotopic (exact) mass is 282 g/mol. The molecule has 0 aromatic heterocycles. The van der Waals surface area contributed by atoms with Crippen LogP contribution in [0.4, 0.5) is 0 Å². The molecule has 0 aliphatic heterocycles. The molecule has 2 nitrogen and oxygen atoms in total. The molecular weight excluding hydrogens is 260 g/mol. The molecule has 0 aliphatic rings. The predicted octanol–water partition coefficient (Wildman–Crippen LogP) is 4.20. The van der Waals surface area contributed by atoms with Crippen LogP contribution in [0, 0.1) is 11.8 Å². The fraction of sp³-hybridized carbons (Fsp3) is 0.368. The van der Waals surface area contributed by atoms with Crippen molar-refractivity contribution >= 4 is 22.3 Å². The Labute approximate surface area is 126 Å². The van der Waals surface area contributed by atoms with Gasteiger partial charge in [0.2, 0.25) is 0 Å². The van der Waals surface area contributed by atoms with E-state index in [1.54, 1.807) is 6.92 Å². The molecule has 2 aromatic carbocycles. The van der Waals surface area contributed by atoms with Crippen molar-refractivity contribution in [2.24, 2.45) is 11.8 Å². The molecule has 0 radical (unpaired) electrons. The van der Waals surface area contributed by atoms with E-state index in [2.05, 4.69) is 24.3 Å². The van der Waals surface area contributed by atoms with E-state index in [-0.39, 0.29) is 23.4 Å². The second kappa shape index (κ2) is 6.66. The molecule has 0 N–H and O–H groups in total. The van der Waals surface area contributed by atoms with Crippen LogP contribution in [0.25, 0.3) is 10.8 Å². The van der Waals surface area contributed by atoms with Gasteiger partial charge in [0.05, 0.1) is 0 Å². The van der Waals surface area contributed by atoms with Crippen molar-refractivity contribution in [1.29, 1.82) is 0 Å². The Hall–Kier alpha value is -1.96. The lowest BCUT2D eigenvalue weighted by Crippen LogP contribution is -2.24. The number of benzene rings is 2. The number of carbonyl (C=O) groups is 2. The van der Waals surface area contributed by atoms with Gasteiger partial charge in [-0.2, -0.15) is 0 Å². The van der Waals surface area contributed by atoms with Gasteiger partial charge in [0.15, 0.2) is 0 Å². The summed E-state index contributed by atoms with van der Waals surface area (Å²) in [7, 11) is 0. The number of rotatable bonds is 6. The van der Waals surface area contributed by atoms with E-state index in [9.17, 15) is 9.59 Å². The first-order valence-corrected chi connectivity index (χ1v) is 7.49. The molecule has 0 spiro atoms. The maximum atomic E-state index is 12.4. The Morgan fingerprint density at radius 1 is 1.00 bits per heavy atom. The first-order valence-electron chi connectivity index (χ1n) is 7.49. The van der Waals surface area contributed by atoms with Gasteiger partial charge in [0, 0.05) is 18.3 Å². The second-order valence-corrected chi connectivity index (χ2v) is 6.00. The van der Waals surface area contributed by atoms with Crippen molar-refractivity contribution in [3.05, 3.63) is 48.0 Å². The van der Waals surface area contributed by atoms with Gasteiger partial charge < -0.3 is 4.79 Å². The smallest absolute Gasteiger partial charge is 0.139 e. The molecule has 0 heterocycles. The Bertz CT molecular complexity index is 650. The summed E-state index contributed by atoms with van der Waals surface area (Å²) in [5.41, 5.74) is 1.15. The minimum Gasteiger partial charge on any atom is -0.300 e. The number of hydrogen-bond donors (Lipinski definition) is 0. The van der Waals surface area contributed by atoms with Crippen molar-refractivity contribution in [3.8, 4) is 0 Å². The van der Waals surface area contributed by atoms with E-state index < -0.39 is 0 Å². The molecule has 21 heavy (non-hydrogen) atoms. The molecule has 0 bridgehead atoms. The SMILES string of the molecule is CC(=O)CC(Cc1cccc2ccccc12)C(=O)C(C)C. The summed E-state index contributed by atoms with van der Waals surface area (Å²) in [6.45, 7) is 5.36. The molecular formula is C19H22O2. The fourth-order valence-corrected chi connectivity index (χ4v) is 2.83. The average molecular weight is 282 g/mol. The molecule has 1 unspecified atom stereocenters. The van der Waals surface area contributed by atoms with Gasteiger partial charge in [-0.15, -0.1) is 0 Å². The summed E-state index contributed by atoms with van der Waals surface area (Å²) in [5, 5.41) is 2.35. The van der Waals surface area contributed by atoms with Crippen molar-refractivity contribution in [2.75, 3.05) is 0 Å². The molecule has 0 saturated heterocycles. The van der Waals surface area contributed by atoms with E-state index in [0.717, 1.165) is 5.56 Å². The van der Waals surface area contributed by atoms with Gasteiger partial charge in [0.25, 0.3) is 0 Å². The van der Waals surface area contributed by atoms with Crippen LogP contribution >= 0.6 is 0 Å². The van der Waals surface area contributed by atoms with E-state index >= 15 is 0 Å². The Morgan fingerprint density at radius 3 is 2.33 bits per heavy atom. The summed E-state index contributed by atoms with van der Waals surface area (Å²) >= 11 is 0. The average Bonchev–Trinajstić information content (AvgIpc) is 2.45. The number of ketones is 2. The summed E-state index contributed by atoms with van der Waals surface area (Å²) in [4.78, 5) is 23.8. The lowest BCUT2D eigenvalue weighted by atomic mass is 9.85. The molecule has 2 aromatic rings. The van der Waals surface area contributed by atoms with Crippen LogP contribution in [0.15, 0.2) is 42.5 Å². The third kappa shape index (κ3) is 3.78. The number of fused-ring (bicyclic) bond motifs is 1. The van der Waals surface area contributed by atoms with E-state index in [4.69, 9.17) is 0 Å². The zero-order valence-corrected chi connectivity index (χ0v) is 12.9. The highest BCUT2D eigenvalue weighted by Gasteiger charge is 2.23. The third-order valence-electron chi connectivity index (χ3n) is 3.85. The summed E-state index contributed by atoms with van der Waals surface area (Å²) < 4.78 is 0. The van der Waals surface area contributed by atoms with Crippen LogP contribution < -0.4 is 0 Å². The first kappa shape index (κ1) is 15.4. The minimum atomic E-state index is -0.215.